The third kappa shape index (κ3) is 5.63. The topological polar surface area (TPSA) is 125 Å². The Morgan fingerprint density at radius 1 is 1.14 bits per heavy atom. The minimum atomic E-state index is -0.718. The summed E-state index contributed by atoms with van der Waals surface area (Å²) in [4.78, 5) is 39.9. The molecule has 0 bridgehead atoms. The molecule has 0 aromatic rings. The first-order valence-corrected chi connectivity index (χ1v) is 15.6. The van der Waals surface area contributed by atoms with E-state index in [-0.39, 0.29) is 45.7 Å². The molecule has 3 aliphatic rings. The number of ketones is 2. The highest BCUT2D eigenvalue weighted by molar-refractivity contribution is 6.04. The van der Waals surface area contributed by atoms with E-state index in [1.54, 1.807) is 19.9 Å². The predicted molar refractivity (Wildman–Crippen MR) is 168 cm³/mol. The van der Waals surface area contributed by atoms with Gasteiger partial charge >= 0.3 is 0 Å². The second-order valence-electron chi connectivity index (χ2n) is 16.1. The fourth-order valence-electron chi connectivity index (χ4n) is 8.93. The Bertz CT molecular complexity index is 1280. The van der Waals surface area contributed by atoms with E-state index in [4.69, 9.17) is 5.73 Å². The second-order valence-corrected chi connectivity index (χ2v) is 16.1. The maximum absolute atomic E-state index is 13.8. The number of nitrogens with zero attached hydrogens (tertiary/aromatic N) is 2. The Hall–Kier alpha value is -2.75. The molecule has 3 N–H and O–H groups in total. The molecule has 5 atom stereocenters. The molecule has 0 aromatic carbocycles. The summed E-state index contributed by atoms with van der Waals surface area (Å²) in [5, 5.41) is 14.0. The monoisotopic (exact) mass is 578 g/mol. The van der Waals surface area contributed by atoms with Crippen molar-refractivity contribution in [1.29, 1.82) is 5.26 Å². The summed E-state index contributed by atoms with van der Waals surface area (Å²) in [6.45, 7) is 22.7. The van der Waals surface area contributed by atoms with Gasteiger partial charge in [-0.2, -0.15) is 10.4 Å². The van der Waals surface area contributed by atoms with E-state index in [0.29, 0.717) is 12.3 Å². The van der Waals surface area contributed by atoms with Crippen molar-refractivity contribution in [2.75, 3.05) is 0 Å². The smallest absolute Gasteiger partial charge is 0.246 e. The molecule has 3 rings (SSSR count). The number of amides is 1. The number of hydrazone groups is 1. The Morgan fingerprint density at radius 2 is 1.76 bits per heavy atom. The van der Waals surface area contributed by atoms with E-state index in [9.17, 15) is 19.6 Å². The average Bonchev–Trinajstić information content (AvgIpc) is 2.86. The first-order valence-electron chi connectivity index (χ1n) is 15.6. The molecule has 3 aliphatic carbocycles. The highest BCUT2D eigenvalue weighted by Gasteiger charge is 2.61. The molecule has 0 aromatic heterocycles. The van der Waals surface area contributed by atoms with Crippen molar-refractivity contribution in [3.05, 3.63) is 23.3 Å². The SMILES string of the molecule is CC(=O)/C=C1/[C@@]2(C)C=C(C#N)C(=O)C(C)(C)[C@@H]2CC[C@@]1(C)C(C)(C)CC[C@@]1(C(=O)NN=C(C)N)CCC(C)(C)CC1C. The van der Waals surface area contributed by atoms with Crippen LogP contribution in [0.15, 0.2) is 28.4 Å². The third-order valence-electron chi connectivity index (χ3n) is 12.0. The van der Waals surface area contributed by atoms with Crippen LogP contribution >= 0.6 is 0 Å². The first-order chi connectivity index (χ1) is 19.1. The van der Waals surface area contributed by atoms with Gasteiger partial charge in [0, 0.05) is 10.8 Å². The summed E-state index contributed by atoms with van der Waals surface area (Å²) in [5.74, 6) is 0.224. The number of nitrogens with two attached hydrogens (primary N) is 1. The van der Waals surface area contributed by atoms with Crippen molar-refractivity contribution >= 4 is 23.3 Å². The third-order valence-corrected chi connectivity index (χ3v) is 12.0. The fraction of sp³-hybridized carbons (Fsp3) is 0.743. The van der Waals surface area contributed by atoms with Crippen LogP contribution in [0.2, 0.25) is 0 Å². The average molecular weight is 579 g/mol. The molecule has 0 spiro atoms. The van der Waals surface area contributed by atoms with Gasteiger partial charge in [0.1, 0.15) is 11.9 Å². The number of amidine groups is 1. The van der Waals surface area contributed by atoms with Crippen molar-refractivity contribution in [2.45, 2.75) is 121 Å². The van der Waals surface area contributed by atoms with E-state index in [1.807, 2.05) is 19.9 Å². The number of nitrogens with one attached hydrogen (secondary N) is 1. The fourth-order valence-corrected chi connectivity index (χ4v) is 8.93. The van der Waals surface area contributed by atoms with Crippen molar-refractivity contribution in [3.63, 3.8) is 0 Å². The lowest BCUT2D eigenvalue weighted by Gasteiger charge is -2.61. The lowest BCUT2D eigenvalue weighted by atomic mass is 9.42. The van der Waals surface area contributed by atoms with Crippen LogP contribution in [-0.2, 0) is 14.4 Å². The molecular weight excluding hydrogens is 524 g/mol. The molecule has 1 amide bonds. The molecular formula is C35H54N4O3. The van der Waals surface area contributed by atoms with Crippen LogP contribution in [-0.4, -0.2) is 23.3 Å². The summed E-state index contributed by atoms with van der Waals surface area (Å²) in [6, 6.07) is 2.16. The number of fused-ring (bicyclic) bond motifs is 1. The van der Waals surface area contributed by atoms with Gasteiger partial charge in [0.15, 0.2) is 11.6 Å². The molecule has 2 fully saturated rings. The highest BCUT2D eigenvalue weighted by Crippen LogP contribution is 2.67. The van der Waals surface area contributed by atoms with E-state index in [0.717, 1.165) is 44.1 Å². The molecule has 7 nitrogen and oxygen atoms in total. The summed E-state index contributed by atoms with van der Waals surface area (Å²) < 4.78 is 0. The highest BCUT2D eigenvalue weighted by atomic mass is 16.2. The normalized spacial score (nSPS) is 35.6. The molecule has 42 heavy (non-hydrogen) atoms. The molecule has 7 heteroatoms. The first kappa shape index (κ1) is 33.7. The van der Waals surface area contributed by atoms with Gasteiger partial charge in [-0.05, 0) is 93.0 Å². The van der Waals surface area contributed by atoms with E-state index in [1.165, 1.54) is 0 Å². The summed E-state index contributed by atoms with van der Waals surface area (Å²) in [7, 11) is 0. The summed E-state index contributed by atoms with van der Waals surface area (Å²) >= 11 is 0. The number of carbonyl (C=O) groups excluding carboxylic acids is 3. The van der Waals surface area contributed by atoms with Gasteiger partial charge in [0.25, 0.3) is 0 Å². The van der Waals surface area contributed by atoms with Crippen molar-refractivity contribution in [1.82, 2.24) is 5.43 Å². The largest absolute Gasteiger partial charge is 0.386 e. The van der Waals surface area contributed by atoms with Crippen molar-refractivity contribution < 1.29 is 14.4 Å². The number of allylic oxidation sites excluding steroid dienone is 4. The molecule has 1 unspecified atom stereocenters. The maximum Gasteiger partial charge on any atom is 0.246 e. The van der Waals surface area contributed by atoms with Gasteiger partial charge in [-0.3, -0.25) is 14.4 Å². The maximum atomic E-state index is 13.8. The number of nitriles is 1. The van der Waals surface area contributed by atoms with Gasteiger partial charge in [0.2, 0.25) is 5.91 Å². The van der Waals surface area contributed by atoms with Crippen molar-refractivity contribution in [3.8, 4) is 6.07 Å². The van der Waals surface area contributed by atoms with Crippen molar-refractivity contribution in [2.24, 2.45) is 55.2 Å². The van der Waals surface area contributed by atoms with Gasteiger partial charge in [0.05, 0.1) is 11.0 Å². The van der Waals surface area contributed by atoms with Gasteiger partial charge in [-0.1, -0.05) is 74.0 Å². The quantitative estimate of drug-likeness (QED) is 0.145. The van der Waals surface area contributed by atoms with Crippen LogP contribution in [0, 0.1) is 55.7 Å². The van der Waals surface area contributed by atoms with Gasteiger partial charge < -0.3 is 5.73 Å². The second kappa shape index (κ2) is 11.1. The lowest BCUT2D eigenvalue weighted by Crippen LogP contribution is -2.56. The Balaban J connectivity index is 2.09. The van der Waals surface area contributed by atoms with Crippen LogP contribution in [0.25, 0.3) is 0 Å². The Labute approximate surface area is 253 Å². The minimum Gasteiger partial charge on any atom is -0.386 e. The number of Topliss-reactive ketones (excluding diaryl/α,β-unsaturated/α-hetero) is 1. The zero-order valence-electron chi connectivity index (χ0n) is 28.0. The number of hydrogen-bond acceptors (Lipinski definition) is 5. The van der Waals surface area contributed by atoms with Crippen LogP contribution in [0.5, 0.6) is 0 Å². The zero-order valence-corrected chi connectivity index (χ0v) is 28.0. The molecule has 0 aliphatic heterocycles. The van der Waals surface area contributed by atoms with Gasteiger partial charge in [-0.15, -0.1) is 0 Å². The van der Waals surface area contributed by atoms with E-state index in [2.05, 4.69) is 65.1 Å². The van der Waals surface area contributed by atoms with E-state index < -0.39 is 21.7 Å². The van der Waals surface area contributed by atoms with E-state index >= 15 is 0 Å². The summed E-state index contributed by atoms with van der Waals surface area (Å²) in [6.07, 6.45) is 9.37. The molecule has 232 valence electrons. The van der Waals surface area contributed by atoms with Crippen LogP contribution in [0.3, 0.4) is 0 Å². The number of hydrogen-bond donors (Lipinski definition) is 2. The Kier molecular flexibility index (Phi) is 8.89. The molecule has 0 saturated heterocycles. The lowest BCUT2D eigenvalue weighted by molar-refractivity contribution is -0.140. The number of carbonyl (C=O) groups is 3. The minimum absolute atomic E-state index is 0.0286. The summed E-state index contributed by atoms with van der Waals surface area (Å²) in [5.41, 5.74) is 7.26. The molecule has 0 heterocycles. The van der Waals surface area contributed by atoms with Gasteiger partial charge in [-0.25, -0.2) is 5.43 Å². The van der Waals surface area contributed by atoms with Crippen LogP contribution in [0.1, 0.15) is 121 Å². The Morgan fingerprint density at radius 3 is 2.29 bits per heavy atom. The number of rotatable bonds is 7. The molecule has 2 saturated carbocycles. The molecule has 0 radical (unpaired) electrons. The van der Waals surface area contributed by atoms with Crippen LogP contribution in [0.4, 0.5) is 0 Å². The van der Waals surface area contributed by atoms with Crippen LogP contribution < -0.4 is 11.2 Å². The predicted octanol–water partition coefficient (Wildman–Crippen LogP) is 7.03. The standard InChI is InChI=1S/C35H54N4O3/c1-22-19-30(4,5)14-16-35(22,29(42)39-38-24(3)37)17-15-31(6,7)34(11)13-12-26-32(8,9)28(41)25(21-36)20-33(26,10)27(34)18-23(2)40/h18,20,22,26H,12-17,19H2,1-11H3,(H2,37,38)(H,39,42)/b27-18-/t22?,26-,33-,34+,35-/m0/s1. The zero-order chi connectivity index (χ0) is 32.1.